The van der Waals surface area contributed by atoms with Crippen molar-refractivity contribution in [2.75, 3.05) is 11.1 Å². The zero-order valence-electron chi connectivity index (χ0n) is 10.7. The number of tetrazole rings is 1. The normalized spacial score (nSPS) is 10.5. The lowest BCUT2D eigenvalue weighted by Gasteiger charge is -2.03. The van der Waals surface area contributed by atoms with Gasteiger partial charge in [0.15, 0.2) is 5.82 Å². The summed E-state index contributed by atoms with van der Waals surface area (Å²) in [6, 6.07) is 11.0. The minimum Gasteiger partial charge on any atom is -0.363 e. The van der Waals surface area contributed by atoms with E-state index in [9.17, 15) is 4.79 Å². The Morgan fingerprint density at radius 3 is 2.90 bits per heavy atom. The van der Waals surface area contributed by atoms with E-state index in [1.807, 2.05) is 30.3 Å². The highest BCUT2D eigenvalue weighted by Gasteiger charge is 2.12. The number of amides is 1. The van der Waals surface area contributed by atoms with Crippen LogP contribution in [0.4, 0.5) is 5.82 Å². The number of aromatic nitrogens is 5. The van der Waals surface area contributed by atoms with Crippen molar-refractivity contribution in [1.29, 1.82) is 0 Å². The molecule has 1 aromatic carbocycles. The topological polar surface area (TPSA) is 98.7 Å². The van der Waals surface area contributed by atoms with Gasteiger partial charge < -0.3 is 9.84 Å². The number of para-hydroxylation sites is 1. The Bertz CT molecular complexity index is 712. The average molecular weight is 302 g/mol. The molecule has 9 heteroatoms. The summed E-state index contributed by atoms with van der Waals surface area (Å²) in [5, 5.41) is 18.2. The second kappa shape index (κ2) is 6.18. The lowest BCUT2D eigenvalue weighted by Crippen LogP contribution is -2.14. The Balaban J connectivity index is 1.64. The maximum absolute atomic E-state index is 11.8. The van der Waals surface area contributed by atoms with Gasteiger partial charge in [0.1, 0.15) is 6.26 Å². The summed E-state index contributed by atoms with van der Waals surface area (Å²) >= 11 is 1.23. The largest absolute Gasteiger partial charge is 0.363 e. The second-order valence-electron chi connectivity index (χ2n) is 3.93. The lowest BCUT2D eigenvalue weighted by molar-refractivity contribution is -0.113. The molecule has 1 N–H and O–H groups in total. The number of carbonyl (C=O) groups excluding carboxylic acids is 1. The maximum atomic E-state index is 11.8. The van der Waals surface area contributed by atoms with Gasteiger partial charge in [-0.2, -0.15) is 4.68 Å². The summed E-state index contributed by atoms with van der Waals surface area (Å²) in [6.07, 6.45) is 1.39. The summed E-state index contributed by atoms with van der Waals surface area (Å²) in [5.41, 5.74) is 0.835. The molecule has 0 atom stereocenters. The van der Waals surface area contributed by atoms with Crippen LogP contribution in [0.15, 0.2) is 52.3 Å². The van der Waals surface area contributed by atoms with Crippen LogP contribution in [0.2, 0.25) is 0 Å². The number of nitrogens with zero attached hydrogens (tertiary/aromatic N) is 5. The van der Waals surface area contributed by atoms with Crippen molar-refractivity contribution in [3.63, 3.8) is 0 Å². The molecule has 0 saturated carbocycles. The molecule has 0 aliphatic rings. The van der Waals surface area contributed by atoms with Crippen LogP contribution < -0.4 is 5.32 Å². The third-order valence-electron chi connectivity index (χ3n) is 2.48. The molecule has 0 spiro atoms. The molecule has 2 aromatic heterocycles. The second-order valence-corrected chi connectivity index (χ2v) is 4.87. The number of anilines is 1. The maximum Gasteiger partial charge on any atom is 0.236 e. The zero-order valence-corrected chi connectivity index (χ0v) is 11.5. The molecule has 21 heavy (non-hydrogen) atoms. The predicted octanol–water partition coefficient (Wildman–Crippen LogP) is 1.38. The van der Waals surface area contributed by atoms with Crippen molar-refractivity contribution < 1.29 is 9.32 Å². The molecule has 8 nitrogen and oxygen atoms in total. The highest BCUT2D eigenvalue weighted by atomic mass is 32.2. The van der Waals surface area contributed by atoms with Gasteiger partial charge in [0.05, 0.1) is 11.4 Å². The van der Waals surface area contributed by atoms with Gasteiger partial charge in [-0.05, 0) is 22.6 Å². The Hall–Kier alpha value is -2.68. The van der Waals surface area contributed by atoms with Gasteiger partial charge in [-0.3, -0.25) is 4.79 Å². The van der Waals surface area contributed by atoms with E-state index in [2.05, 4.69) is 30.5 Å². The smallest absolute Gasteiger partial charge is 0.236 e. The molecule has 0 aliphatic heterocycles. The van der Waals surface area contributed by atoms with Gasteiger partial charge in [-0.25, -0.2) is 0 Å². The van der Waals surface area contributed by atoms with Crippen molar-refractivity contribution in [3.05, 3.63) is 42.7 Å². The van der Waals surface area contributed by atoms with E-state index in [0.29, 0.717) is 11.0 Å². The summed E-state index contributed by atoms with van der Waals surface area (Å²) in [4.78, 5) is 11.8. The first-order valence-electron chi connectivity index (χ1n) is 6.00. The molecule has 3 rings (SSSR count). The van der Waals surface area contributed by atoms with E-state index in [0.717, 1.165) is 5.69 Å². The lowest BCUT2D eigenvalue weighted by atomic mass is 10.3. The van der Waals surface area contributed by atoms with Crippen LogP contribution in [0.3, 0.4) is 0 Å². The van der Waals surface area contributed by atoms with E-state index in [4.69, 9.17) is 0 Å². The Morgan fingerprint density at radius 1 is 1.29 bits per heavy atom. The molecule has 1 amide bonds. The molecule has 0 unspecified atom stereocenters. The first-order chi connectivity index (χ1) is 10.3. The van der Waals surface area contributed by atoms with E-state index in [1.165, 1.54) is 18.0 Å². The van der Waals surface area contributed by atoms with E-state index in [1.54, 1.807) is 10.7 Å². The van der Waals surface area contributed by atoms with Crippen LogP contribution >= 0.6 is 11.8 Å². The number of carbonyl (C=O) groups is 1. The number of benzene rings is 1. The summed E-state index contributed by atoms with van der Waals surface area (Å²) in [6.45, 7) is 0. The molecule has 0 bridgehead atoms. The first kappa shape index (κ1) is 13.3. The minimum absolute atomic E-state index is 0.167. The molecule has 0 aliphatic carbocycles. The van der Waals surface area contributed by atoms with Gasteiger partial charge in [0.2, 0.25) is 11.1 Å². The summed E-state index contributed by atoms with van der Waals surface area (Å²) in [7, 11) is 0. The molecule has 2 heterocycles. The van der Waals surface area contributed by atoms with Crippen LogP contribution in [0.25, 0.3) is 5.69 Å². The fourth-order valence-electron chi connectivity index (χ4n) is 1.59. The molecule has 106 valence electrons. The van der Waals surface area contributed by atoms with Crippen LogP contribution in [0.5, 0.6) is 0 Å². The number of hydrogen-bond donors (Lipinski definition) is 1. The van der Waals surface area contributed by atoms with Crippen LogP contribution in [0, 0.1) is 0 Å². The van der Waals surface area contributed by atoms with E-state index >= 15 is 0 Å². The fraction of sp³-hybridized carbons (Fsp3) is 0.0833. The van der Waals surface area contributed by atoms with Gasteiger partial charge >= 0.3 is 0 Å². The Kier molecular flexibility index (Phi) is 3.92. The predicted molar refractivity (Wildman–Crippen MR) is 75.0 cm³/mol. The van der Waals surface area contributed by atoms with Crippen molar-refractivity contribution in [1.82, 2.24) is 25.4 Å². The number of hydrogen-bond acceptors (Lipinski definition) is 7. The molecule has 3 aromatic rings. The monoisotopic (exact) mass is 302 g/mol. The summed E-state index contributed by atoms with van der Waals surface area (Å²) < 4.78 is 6.21. The van der Waals surface area contributed by atoms with Gasteiger partial charge in [0, 0.05) is 6.07 Å². The van der Waals surface area contributed by atoms with Crippen LogP contribution in [-0.2, 0) is 4.79 Å². The van der Waals surface area contributed by atoms with Crippen molar-refractivity contribution >= 4 is 23.5 Å². The fourth-order valence-corrected chi connectivity index (χ4v) is 2.28. The summed E-state index contributed by atoms with van der Waals surface area (Å²) in [5.74, 6) is 0.333. The molecule has 0 radical (unpaired) electrons. The zero-order chi connectivity index (χ0) is 14.5. The van der Waals surface area contributed by atoms with Gasteiger partial charge in [-0.1, -0.05) is 35.1 Å². The highest BCUT2D eigenvalue weighted by Crippen LogP contribution is 2.18. The molecule has 0 fully saturated rings. The number of rotatable bonds is 5. The first-order valence-corrected chi connectivity index (χ1v) is 6.98. The number of nitrogens with one attached hydrogen (secondary N) is 1. The average Bonchev–Trinajstić information content (AvgIpc) is 3.17. The van der Waals surface area contributed by atoms with Crippen LogP contribution in [-0.4, -0.2) is 37.0 Å². The third-order valence-corrected chi connectivity index (χ3v) is 3.40. The quantitative estimate of drug-likeness (QED) is 0.711. The van der Waals surface area contributed by atoms with Gasteiger partial charge in [0.25, 0.3) is 0 Å². The van der Waals surface area contributed by atoms with E-state index in [-0.39, 0.29) is 11.7 Å². The van der Waals surface area contributed by atoms with Gasteiger partial charge in [-0.15, -0.1) is 5.10 Å². The molecular weight excluding hydrogens is 292 g/mol. The number of thioether (sulfide) groups is 1. The molecular formula is C12H10N6O2S. The Labute approximate surface area is 123 Å². The Morgan fingerprint density at radius 2 is 2.14 bits per heavy atom. The minimum atomic E-state index is -0.212. The molecule has 0 saturated heterocycles. The SMILES string of the molecule is O=C(CSc1nnnn1-c1ccccc1)Nc1ccon1. The van der Waals surface area contributed by atoms with Crippen molar-refractivity contribution in [2.24, 2.45) is 0 Å². The third kappa shape index (κ3) is 3.26. The highest BCUT2D eigenvalue weighted by molar-refractivity contribution is 7.99. The van der Waals surface area contributed by atoms with Crippen LogP contribution in [0.1, 0.15) is 0 Å². The van der Waals surface area contributed by atoms with Crippen molar-refractivity contribution in [3.8, 4) is 5.69 Å². The van der Waals surface area contributed by atoms with Crippen molar-refractivity contribution in [2.45, 2.75) is 5.16 Å². The van der Waals surface area contributed by atoms with E-state index < -0.39 is 0 Å². The standard InChI is InChI=1S/C12H10N6O2S/c19-11(13-10-6-7-20-15-10)8-21-12-14-16-17-18(12)9-4-2-1-3-5-9/h1-7H,8H2,(H,13,15,19).